The van der Waals surface area contributed by atoms with Crippen molar-refractivity contribution in [1.29, 1.82) is 0 Å². The van der Waals surface area contributed by atoms with E-state index in [-0.39, 0.29) is 11.6 Å². The van der Waals surface area contributed by atoms with E-state index in [4.69, 9.17) is 10.1 Å². The fourth-order valence-electron chi connectivity index (χ4n) is 4.03. The second-order valence-electron chi connectivity index (χ2n) is 7.55. The minimum atomic E-state index is -0.434. The largest absolute Gasteiger partial charge is 0.305 e. The Kier molecular flexibility index (Phi) is 4.30. The molecule has 3 aromatic heterocycles. The Hall–Kier alpha value is -3.63. The number of fused-ring (bicyclic) bond motifs is 3. The number of para-hydroxylation sites is 1. The zero-order valence-electron chi connectivity index (χ0n) is 16.6. The molecule has 0 atom stereocenters. The van der Waals surface area contributed by atoms with Crippen molar-refractivity contribution >= 4 is 60.4 Å². The molecule has 3 heterocycles. The number of nitro groups is 1. The third-order valence-electron chi connectivity index (χ3n) is 5.54. The van der Waals surface area contributed by atoms with E-state index in [0.29, 0.717) is 21.2 Å². The quantitative estimate of drug-likeness (QED) is 0.287. The Balaban J connectivity index is 1.39. The molecule has 0 saturated heterocycles. The highest BCUT2D eigenvalue weighted by Gasteiger charge is 2.26. The highest BCUT2D eigenvalue weighted by molar-refractivity contribution is 7.21. The summed E-state index contributed by atoms with van der Waals surface area (Å²) in [6, 6.07) is 14.2. The zero-order valence-corrected chi connectivity index (χ0v) is 18.2. The number of aromatic nitrogens is 3. The van der Waals surface area contributed by atoms with E-state index in [0.717, 1.165) is 45.4 Å². The van der Waals surface area contributed by atoms with Gasteiger partial charge in [0.1, 0.15) is 5.82 Å². The van der Waals surface area contributed by atoms with Crippen molar-refractivity contribution in [2.45, 2.75) is 19.3 Å². The summed E-state index contributed by atoms with van der Waals surface area (Å²) >= 11 is 2.84. The number of nitrogens with zero attached hydrogens (tertiary/aromatic N) is 4. The molecule has 0 bridgehead atoms. The van der Waals surface area contributed by atoms with Crippen LogP contribution < -0.4 is 5.32 Å². The number of hydrogen-bond donors (Lipinski definition) is 1. The van der Waals surface area contributed by atoms with Crippen LogP contribution in [0.3, 0.4) is 0 Å². The van der Waals surface area contributed by atoms with Crippen molar-refractivity contribution in [3.05, 3.63) is 74.8 Å². The molecule has 0 unspecified atom stereocenters. The number of carbonyl (C=O) groups is 1. The molecule has 0 fully saturated rings. The summed E-state index contributed by atoms with van der Waals surface area (Å²) in [6.45, 7) is 0. The lowest BCUT2D eigenvalue weighted by Crippen LogP contribution is -2.15. The third kappa shape index (κ3) is 3.07. The SMILES string of the molecule is O=C(Nc1c2c(nn1-c1nc3ccccc3s1)CCC2)c1cc2cc([N+](=O)[O-])ccc2s1. The number of anilines is 1. The minimum Gasteiger partial charge on any atom is -0.305 e. The Morgan fingerprint density at radius 3 is 2.81 bits per heavy atom. The van der Waals surface area contributed by atoms with Crippen molar-refractivity contribution in [2.24, 2.45) is 0 Å². The smallest absolute Gasteiger partial charge is 0.270 e. The molecule has 32 heavy (non-hydrogen) atoms. The van der Waals surface area contributed by atoms with Gasteiger partial charge in [0.15, 0.2) is 0 Å². The zero-order chi connectivity index (χ0) is 21.8. The van der Waals surface area contributed by atoms with Gasteiger partial charge in [0.05, 0.1) is 25.7 Å². The number of non-ortho nitro benzene ring substituents is 1. The Morgan fingerprint density at radius 1 is 1.09 bits per heavy atom. The van der Waals surface area contributed by atoms with Crippen molar-refractivity contribution in [3.63, 3.8) is 0 Å². The summed E-state index contributed by atoms with van der Waals surface area (Å²) in [5.41, 5.74) is 2.95. The van der Waals surface area contributed by atoms with E-state index >= 15 is 0 Å². The molecule has 158 valence electrons. The number of nitro benzene ring substituents is 1. The number of amides is 1. The monoisotopic (exact) mass is 461 g/mol. The predicted octanol–water partition coefficient (Wildman–Crippen LogP) is 5.35. The van der Waals surface area contributed by atoms with E-state index in [1.165, 1.54) is 34.8 Å². The molecule has 5 aromatic rings. The summed E-state index contributed by atoms with van der Waals surface area (Å²) in [5.74, 6) is 0.399. The molecule has 6 rings (SSSR count). The maximum Gasteiger partial charge on any atom is 0.270 e. The Labute approximate surface area is 189 Å². The first-order valence-corrected chi connectivity index (χ1v) is 11.7. The highest BCUT2D eigenvalue weighted by Crippen LogP contribution is 2.35. The first-order valence-electron chi connectivity index (χ1n) is 10.0. The number of carbonyl (C=O) groups excluding carboxylic acids is 1. The van der Waals surface area contributed by atoms with E-state index in [1.54, 1.807) is 16.8 Å². The second-order valence-corrected chi connectivity index (χ2v) is 9.64. The van der Waals surface area contributed by atoms with Gasteiger partial charge in [0.2, 0.25) is 5.13 Å². The van der Waals surface area contributed by atoms with Crippen LogP contribution in [-0.2, 0) is 12.8 Å². The lowest BCUT2D eigenvalue weighted by atomic mass is 10.2. The van der Waals surface area contributed by atoms with Crippen molar-refractivity contribution in [1.82, 2.24) is 14.8 Å². The fraction of sp³-hybridized carbons (Fsp3) is 0.136. The van der Waals surface area contributed by atoms with E-state index in [2.05, 4.69) is 5.32 Å². The van der Waals surface area contributed by atoms with Crippen molar-refractivity contribution < 1.29 is 9.72 Å². The van der Waals surface area contributed by atoms with Gasteiger partial charge in [0, 0.05) is 27.8 Å². The number of nitrogens with one attached hydrogen (secondary N) is 1. The van der Waals surface area contributed by atoms with Crippen molar-refractivity contribution in [3.8, 4) is 5.13 Å². The first-order chi connectivity index (χ1) is 15.6. The number of hydrogen-bond acceptors (Lipinski definition) is 7. The molecule has 8 nitrogen and oxygen atoms in total. The lowest BCUT2D eigenvalue weighted by molar-refractivity contribution is -0.384. The highest BCUT2D eigenvalue weighted by atomic mass is 32.1. The van der Waals surface area contributed by atoms with Crippen LogP contribution in [0.2, 0.25) is 0 Å². The topological polar surface area (TPSA) is 103 Å². The molecule has 2 aromatic carbocycles. The summed E-state index contributed by atoms with van der Waals surface area (Å²) in [6.07, 6.45) is 2.74. The standard InChI is InChI=1S/C22H15N5O3S2/c28-21(19-11-12-10-13(27(29)30)8-9-17(12)31-19)24-20-14-4-3-6-15(14)25-26(20)22-23-16-5-1-2-7-18(16)32-22/h1-2,5,7-11H,3-4,6H2,(H,24,28). The molecule has 0 radical (unpaired) electrons. The summed E-state index contributed by atoms with van der Waals surface area (Å²) in [4.78, 5) is 29.0. The number of benzene rings is 2. The molecular formula is C22H15N5O3S2. The molecule has 0 saturated carbocycles. The third-order valence-corrected chi connectivity index (χ3v) is 7.66. The van der Waals surface area contributed by atoms with Gasteiger partial charge in [-0.25, -0.2) is 4.98 Å². The molecule has 0 aliphatic heterocycles. The Bertz CT molecular complexity index is 1520. The van der Waals surface area contributed by atoms with E-state index < -0.39 is 4.92 Å². The first kappa shape index (κ1) is 19.1. The van der Waals surface area contributed by atoms with Gasteiger partial charge in [-0.3, -0.25) is 14.9 Å². The van der Waals surface area contributed by atoms with Crippen LogP contribution in [-0.4, -0.2) is 25.6 Å². The lowest BCUT2D eigenvalue weighted by Gasteiger charge is -2.08. The number of thiophene rings is 1. The van der Waals surface area contributed by atoms with Gasteiger partial charge in [0.25, 0.3) is 11.6 Å². The minimum absolute atomic E-state index is 0.00832. The summed E-state index contributed by atoms with van der Waals surface area (Å²) in [5, 5.41) is 20.3. The molecule has 10 heteroatoms. The van der Waals surface area contributed by atoms with E-state index in [9.17, 15) is 14.9 Å². The van der Waals surface area contributed by atoms with Gasteiger partial charge in [-0.15, -0.1) is 11.3 Å². The molecule has 1 amide bonds. The van der Waals surface area contributed by atoms with Crippen LogP contribution in [0.15, 0.2) is 48.5 Å². The van der Waals surface area contributed by atoms with Crippen molar-refractivity contribution in [2.75, 3.05) is 5.32 Å². The van der Waals surface area contributed by atoms with Gasteiger partial charge < -0.3 is 5.32 Å². The summed E-state index contributed by atoms with van der Waals surface area (Å²) < 4.78 is 3.62. The number of rotatable bonds is 4. The molecule has 1 N–H and O–H groups in total. The average molecular weight is 462 g/mol. The fourth-order valence-corrected chi connectivity index (χ4v) is 5.90. The molecule has 1 aliphatic carbocycles. The molecule has 1 aliphatic rings. The van der Waals surface area contributed by atoms with Gasteiger partial charge in [-0.2, -0.15) is 9.78 Å². The molecule has 0 spiro atoms. The van der Waals surface area contributed by atoms with E-state index in [1.807, 2.05) is 24.3 Å². The molecular weight excluding hydrogens is 446 g/mol. The maximum absolute atomic E-state index is 13.2. The number of aryl methyl sites for hydroxylation is 1. The normalized spacial score (nSPS) is 13.0. The second kappa shape index (κ2) is 7.21. The van der Waals surface area contributed by atoms with Crippen LogP contribution in [0.1, 0.15) is 27.3 Å². The van der Waals surface area contributed by atoms with Gasteiger partial charge in [-0.05, 0) is 43.5 Å². The van der Waals surface area contributed by atoms with Crippen LogP contribution >= 0.6 is 22.7 Å². The Morgan fingerprint density at radius 2 is 1.97 bits per heavy atom. The van der Waals surface area contributed by atoms with Gasteiger partial charge >= 0.3 is 0 Å². The van der Waals surface area contributed by atoms with Crippen LogP contribution in [0.5, 0.6) is 0 Å². The maximum atomic E-state index is 13.2. The van der Waals surface area contributed by atoms with Crippen LogP contribution in [0.4, 0.5) is 11.5 Å². The average Bonchev–Trinajstić information content (AvgIpc) is 3.55. The van der Waals surface area contributed by atoms with Gasteiger partial charge in [-0.1, -0.05) is 23.5 Å². The van der Waals surface area contributed by atoms with Crippen LogP contribution in [0.25, 0.3) is 25.4 Å². The van der Waals surface area contributed by atoms with Crippen LogP contribution in [0, 0.1) is 10.1 Å². The summed E-state index contributed by atoms with van der Waals surface area (Å²) in [7, 11) is 0. The number of thiazole rings is 1. The predicted molar refractivity (Wildman–Crippen MR) is 125 cm³/mol.